The van der Waals surface area contributed by atoms with Gasteiger partial charge in [0, 0.05) is 26.4 Å². The number of ether oxygens (including phenoxy) is 1. The summed E-state index contributed by atoms with van der Waals surface area (Å²) in [6.45, 7) is 2.08. The topological polar surface area (TPSA) is 75.5 Å². The fourth-order valence-electron chi connectivity index (χ4n) is 1.49. The van der Waals surface area contributed by atoms with Crippen molar-refractivity contribution in [1.29, 1.82) is 0 Å². The number of carboxylic acid groups (broad SMARTS) is 1. The minimum Gasteiger partial charge on any atom is -0.477 e. The van der Waals surface area contributed by atoms with E-state index in [1.807, 2.05) is 7.05 Å². The van der Waals surface area contributed by atoms with Crippen LogP contribution in [0.5, 0.6) is 0 Å². The normalized spacial score (nSPS) is 14.5. The molecule has 1 aliphatic carbocycles. The van der Waals surface area contributed by atoms with Crippen LogP contribution in [-0.2, 0) is 4.74 Å². The van der Waals surface area contributed by atoms with E-state index in [2.05, 4.69) is 9.97 Å². The molecular weight excluding hydrogens is 234 g/mol. The maximum atomic E-state index is 10.8. The fourth-order valence-corrected chi connectivity index (χ4v) is 1.49. The monoisotopic (exact) mass is 251 g/mol. The number of carboxylic acids is 1. The first-order chi connectivity index (χ1) is 8.66. The number of carbonyl (C=O) groups is 1. The average molecular weight is 251 g/mol. The fraction of sp³-hybridized carbons (Fsp3) is 0.583. The summed E-state index contributed by atoms with van der Waals surface area (Å²) in [6.07, 6.45) is 4.01. The van der Waals surface area contributed by atoms with Crippen LogP contribution >= 0.6 is 0 Å². The molecule has 6 nitrogen and oxygen atoms in total. The van der Waals surface area contributed by atoms with E-state index >= 15 is 0 Å². The van der Waals surface area contributed by atoms with Crippen molar-refractivity contribution in [3.63, 3.8) is 0 Å². The maximum Gasteiger partial charge on any atom is 0.354 e. The molecule has 0 aromatic carbocycles. The lowest BCUT2D eigenvalue weighted by molar-refractivity contribution is 0.0690. The Kier molecular flexibility index (Phi) is 4.09. The Hall–Kier alpha value is -1.69. The molecule has 0 amide bonds. The minimum atomic E-state index is -1.04. The maximum absolute atomic E-state index is 10.8. The number of hydrogen-bond acceptors (Lipinski definition) is 5. The molecule has 0 spiro atoms. The van der Waals surface area contributed by atoms with Crippen molar-refractivity contribution in [2.75, 3.05) is 31.7 Å². The van der Waals surface area contributed by atoms with E-state index in [-0.39, 0.29) is 5.69 Å². The summed E-state index contributed by atoms with van der Waals surface area (Å²) in [7, 11) is 1.82. The van der Waals surface area contributed by atoms with Gasteiger partial charge in [-0.25, -0.2) is 14.8 Å². The Labute approximate surface area is 106 Å². The van der Waals surface area contributed by atoms with Crippen molar-refractivity contribution >= 4 is 11.9 Å². The quantitative estimate of drug-likeness (QED) is 0.730. The Bertz CT molecular complexity index is 421. The number of aromatic carboxylic acids is 1. The summed E-state index contributed by atoms with van der Waals surface area (Å²) in [4.78, 5) is 20.6. The summed E-state index contributed by atoms with van der Waals surface area (Å²) in [6, 6.07) is 1.38. The molecule has 1 saturated carbocycles. The summed E-state index contributed by atoms with van der Waals surface area (Å²) >= 11 is 0. The first-order valence-corrected chi connectivity index (χ1v) is 6.02. The van der Waals surface area contributed by atoms with E-state index < -0.39 is 5.97 Å². The van der Waals surface area contributed by atoms with Gasteiger partial charge in [0.25, 0.3) is 0 Å². The van der Waals surface area contributed by atoms with Gasteiger partial charge in [0.2, 0.25) is 5.95 Å². The van der Waals surface area contributed by atoms with Crippen LogP contribution in [0, 0.1) is 5.92 Å². The van der Waals surface area contributed by atoms with E-state index in [0.717, 1.165) is 12.5 Å². The van der Waals surface area contributed by atoms with E-state index in [9.17, 15) is 4.79 Å². The Balaban J connectivity index is 1.81. The average Bonchev–Trinajstić information content (AvgIpc) is 3.18. The summed E-state index contributed by atoms with van der Waals surface area (Å²) in [5, 5.41) is 8.84. The van der Waals surface area contributed by atoms with Crippen molar-refractivity contribution < 1.29 is 14.6 Å². The first-order valence-electron chi connectivity index (χ1n) is 6.02. The molecule has 6 heteroatoms. The van der Waals surface area contributed by atoms with Gasteiger partial charge in [-0.2, -0.15) is 0 Å². The Morgan fingerprint density at radius 2 is 2.39 bits per heavy atom. The number of hydrogen-bond donors (Lipinski definition) is 1. The standard InChI is InChI=1S/C12H17N3O3/c1-15(6-7-18-8-9-2-3-9)12-13-5-4-10(14-12)11(16)17/h4-5,9H,2-3,6-8H2,1H3,(H,16,17). The summed E-state index contributed by atoms with van der Waals surface area (Å²) in [5.41, 5.74) is 0.00532. The van der Waals surface area contributed by atoms with Crippen molar-refractivity contribution in [3.05, 3.63) is 18.0 Å². The number of nitrogens with zero attached hydrogens (tertiary/aromatic N) is 3. The second-order valence-corrected chi connectivity index (χ2v) is 4.49. The van der Waals surface area contributed by atoms with Gasteiger partial charge in [-0.15, -0.1) is 0 Å². The third-order valence-corrected chi connectivity index (χ3v) is 2.82. The van der Waals surface area contributed by atoms with Crippen LogP contribution in [0.4, 0.5) is 5.95 Å². The molecule has 0 aliphatic heterocycles. The SMILES string of the molecule is CN(CCOCC1CC1)c1nccc(C(=O)O)n1. The van der Waals surface area contributed by atoms with Gasteiger partial charge in [-0.3, -0.25) is 0 Å². The molecule has 0 radical (unpaired) electrons. The number of likely N-dealkylation sites (N-methyl/N-ethyl adjacent to an activating group) is 1. The molecule has 1 N–H and O–H groups in total. The molecule has 1 heterocycles. The van der Waals surface area contributed by atoms with Crippen LogP contribution in [0.2, 0.25) is 0 Å². The van der Waals surface area contributed by atoms with Gasteiger partial charge < -0.3 is 14.7 Å². The molecule has 18 heavy (non-hydrogen) atoms. The van der Waals surface area contributed by atoms with E-state index in [1.54, 1.807) is 4.90 Å². The molecule has 1 aromatic heterocycles. The number of anilines is 1. The third kappa shape index (κ3) is 3.66. The second kappa shape index (κ2) is 5.77. The van der Waals surface area contributed by atoms with E-state index in [0.29, 0.717) is 19.1 Å². The lowest BCUT2D eigenvalue weighted by atomic mass is 10.4. The summed E-state index contributed by atoms with van der Waals surface area (Å²) in [5.74, 6) is 0.115. The molecule has 1 fully saturated rings. The van der Waals surface area contributed by atoms with Crippen molar-refractivity contribution in [2.24, 2.45) is 5.92 Å². The van der Waals surface area contributed by atoms with Crippen LogP contribution in [0.1, 0.15) is 23.3 Å². The predicted octanol–water partition coefficient (Wildman–Crippen LogP) is 1.04. The van der Waals surface area contributed by atoms with Crippen molar-refractivity contribution in [2.45, 2.75) is 12.8 Å². The van der Waals surface area contributed by atoms with Gasteiger partial charge in [0.1, 0.15) is 0 Å². The minimum absolute atomic E-state index is 0.00532. The van der Waals surface area contributed by atoms with Crippen LogP contribution < -0.4 is 4.90 Å². The lowest BCUT2D eigenvalue weighted by Crippen LogP contribution is -2.25. The molecule has 0 bridgehead atoms. The Morgan fingerprint density at radius 1 is 1.61 bits per heavy atom. The zero-order valence-corrected chi connectivity index (χ0v) is 10.4. The highest BCUT2D eigenvalue weighted by atomic mass is 16.5. The van der Waals surface area contributed by atoms with Crippen LogP contribution in [0.15, 0.2) is 12.3 Å². The predicted molar refractivity (Wildman–Crippen MR) is 65.8 cm³/mol. The Morgan fingerprint density at radius 3 is 3.06 bits per heavy atom. The molecule has 0 atom stereocenters. The zero-order chi connectivity index (χ0) is 13.0. The zero-order valence-electron chi connectivity index (χ0n) is 10.4. The van der Waals surface area contributed by atoms with Gasteiger partial charge in [-0.05, 0) is 24.8 Å². The van der Waals surface area contributed by atoms with Crippen LogP contribution in [0.25, 0.3) is 0 Å². The molecule has 1 aromatic rings. The van der Waals surface area contributed by atoms with Gasteiger partial charge in [0.15, 0.2) is 5.69 Å². The van der Waals surface area contributed by atoms with E-state index in [4.69, 9.17) is 9.84 Å². The van der Waals surface area contributed by atoms with Gasteiger partial charge >= 0.3 is 5.97 Å². The summed E-state index contributed by atoms with van der Waals surface area (Å²) < 4.78 is 5.51. The first kappa shape index (κ1) is 12.8. The van der Waals surface area contributed by atoms with Crippen molar-refractivity contribution in [1.82, 2.24) is 9.97 Å². The molecule has 0 saturated heterocycles. The highest BCUT2D eigenvalue weighted by Crippen LogP contribution is 2.28. The van der Waals surface area contributed by atoms with Crippen LogP contribution in [-0.4, -0.2) is 47.8 Å². The largest absolute Gasteiger partial charge is 0.477 e. The number of aromatic nitrogens is 2. The molecule has 98 valence electrons. The number of rotatable bonds is 7. The second-order valence-electron chi connectivity index (χ2n) is 4.49. The lowest BCUT2D eigenvalue weighted by Gasteiger charge is -2.16. The third-order valence-electron chi connectivity index (χ3n) is 2.82. The highest BCUT2D eigenvalue weighted by molar-refractivity contribution is 5.85. The highest BCUT2D eigenvalue weighted by Gasteiger charge is 2.21. The van der Waals surface area contributed by atoms with E-state index in [1.165, 1.54) is 25.1 Å². The molecule has 1 aliphatic rings. The van der Waals surface area contributed by atoms with Gasteiger partial charge in [-0.1, -0.05) is 0 Å². The molecule has 0 unspecified atom stereocenters. The van der Waals surface area contributed by atoms with Crippen molar-refractivity contribution in [3.8, 4) is 0 Å². The van der Waals surface area contributed by atoms with Crippen LogP contribution in [0.3, 0.4) is 0 Å². The molecule has 2 rings (SSSR count). The molecular formula is C12H17N3O3. The van der Waals surface area contributed by atoms with Gasteiger partial charge in [0.05, 0.1) is 6.61 Å². The smallest absolute Gasteiger partial charge is 0.354 e.